The molecule has 118 valence electrons. The Morgan fingerprint density at radius 2 is 1.86 bits per heavy atom. The second-order valence-corrected chi connectivity index (χ2v) is 4.32. The molecule has 0 aromatic heterocycles. The van der Waals surface area contributed by atoms with Gasteiger partial charge in [0.15, 0.2) is 0 Å². The maximum atomic E-state index is 11.5. The van der Waals surface area contributed by atoms with E-state index in [4.69, 9.17) is 4.74 Å². The Kier molecular flexibility index (Phi) is 10.2. The van der Waals surface area contributed by atoms with Gasteiger partial charge in [-0.2, -0.15) is 0 Å². The highest BCUT2D eigenvalue weighted by Crippen LogP contribution is 2.09. The fraction of sp³-hybridized carbons (Fsp3) is 0.429. The number of methoxy groups -OCH3 is 1. The summed E-state index contributed by atoms with van der Waals surface area (Å²) >= 11 is 0. The Bertz CT molecular complexity index is 438. The van der Waals surface area contributed by atoms with Crippen molar-refractivity contribution < 1.29 is 14.3 Å². The topological polar surface area (TPSA) is 79.5 Å². The summed E-state index contributed by atoms with van der Waals surface area (Å²) in [4.78, 5) is 22.4. The standard InChI is InChI=1S/C14H21N3O3.ClH/c1-11(18)17-13-5-3-12(4-6-13)9-16-14(19)10-15-7-8-20-2;/h3-6,15H,7-10H2,1-2H3,(H,16,19)(H,17,18);1H. The molecule has 1 rings (SSSR count). The third kappa shape index (κ3) is 9.01. The molecular formula is C14H22ClN3O3. The average Bonchev–Trinajstić information content (AvgIpc) is 2.42. The summed E-state index contributed by atoms with van der Waals surface area (Å²) in [6, 6.07) is 7.34. The predicted octanol–water partition coefficient (Wildman–Crippen LogP) is 0.919. The summed E-state index contributed by atoms with van der Waals surface area (Å²) in [6.45, 7) is 3.43. The van der Waals surface area contributed by atoms with Crippen LogP contribution in [0.15, 0.2) is 24.3 Å². The summed E-state index contributed by atoms with van der Waals surface area (Å²) < 4.78 is 4.87. The van der Waals surface area contributed by atoms with Crippen molar-refractivity contribution in [2.24, 2.45) is 0 Å². The quantitative estimate of drug-likeness (QED) is 0.623. The van der Waals surface area contributed by atoms with Crippen LogP contribution in [-0.4, -0.2) is 38.6 Å². The second-order valence-electron chi connectivity index (χ2n) is 4.32. The minimum atomic E-state index is -0.104. The second kappa shape index (κ2) is 11.1. The third-order valence-corrected chi connectivity index (χ3v) is 2.53. The van der Waals surface area contributed by atoms with Crippen LogP contribution >= 0.6 is 12.4 Å². The van der Waals surface area contributed by atoms with Crippen molar-refractivity contribution in [2.75, 3.05) is 32.1 Å². The molecule has 7 heteroatoms. The van der Waals surface area contributed by atoms with Gasteiger partial charge in [-0.3, -0.25) is 9.59 Å². The Hall–Kier alpha value is -1.63. The molecule has 0 aliphatic carbocycles. The van der Waals surface area contributed by atoms with E-state index in [2.05, 4.69) is 16.0 Å². The van der Waals surface area contributed by atoms with E-state index in [1.807, 2.05) is 12.1 Å². The largest absolute Gasteiger partial charge is 0.383 e. The molecule has 6 nitrogen and oxygen atoms in total. The molecule has 0 spiro atoms. The normalized spacial score (nSPS) is 9.62. The molecule has 3 N–H and O–H groups in total. The van der Waals surface area contributed by atoms with Crippen LogP contribution in [0.4, 0.5) is 5.69 Å². The van der Waals surface area contributed by atoms with Gasteiger partial charge in [-0.25, -0.2) is 0 Å². The molecule has 1 aromatic rings. The van der Waals surface area contributed by atoms with Gasteiger partial charge < -0.3 is 20.7 Å². The molecule has 0 saturated carbocycles. The molecule has 0 bridgehead atoms. The van der Waals surface area contributed by atoms with Crippen molar-refractivity contribution in [3.63, 3.8) is 0 Å². The predicted molar refractivity (Wildman–Crippen MR) is 84.6 cm³/mol. The Morgan fingerprint density at radius 3 is 2.43 bits per heavy atom. The van der Waals surface area contributed by atoms with Crippen LogP contribution in [-0.2, 0) is 20.9 Å². The molecule has 0 unspecified atom stereocenters. The van der Waals surface area contributed by atoms with Crippen molar-refractivity contribution in [1.29, 1.82) is 0 Å². The molecule has 0 fully saturated rings. The van der Waals surface area contributed by atoms with E-state index in [1.165, 1.54) is 6.92 Å². The maximum Gasteiger partial charge on any atom is 0.234 e. The van der Waals surface area contributed by atoms with E-state index in [1.54, 1.807) is 19.2 Å². The summed E-state index contributed by atoms with van der Waals surface area (Å²) in [7, 11) is 1.62. The first-order chi connectivity index (χ1) is 9.61. The zero-order valence-electron chi connectivity index (χ0n) is 12.3. The lowest BCUT2D eigenvalue weighted by molar-refractivity contribution is -0.120. The molecule has 0 radical (unpaired) electrons. The smallest absolute Gasteiger partial charge is 0.234 e. The van der Waals surface area contributed by atoms with Crippen LogP contribution in [0.1, 0.15) is 12.5 Å². The number of carbonyl (C=O) groups is 2. The summed E-state index contributed by atoms with van der Waals surface area (Å²) in [5, 5.41) is 8.46. The molecule has 0 atom stereocenters. The van der Waals surface area contributed by atoms with Gasteiger partial charge in [0, 0.05) is 32.8 Å². The summed E-state index contributed by atoms with van der Waals surface area (Å²) in [5.41, 5.74) is 1.72. The van der Waals surface area contributed by atoms with E-state index in [-0.39, 0.29) is 30.8 Å². The van der Waals surface area contributed by atoms with Crippen molar-refractivity contribution in [2.45, 2.75) is 13.5 Å². The third-order valence-electron chi connectivity index (χ3n) is 2.53. The van der Waals surface area contributed by atoms with E-state index >= 15 is 0 Å². The van der Waals surface area contributed by atoms with Crippen LogP contribution in [0.5, 0.6) is 0 Å². The molecule has 21 heavy (non-hydrogen) atoms. The highest BCUT2D eigenvalue weighted by atomic mass is 35.5. The number of benzene rings is 1. The minimum Gasteiger partial charge on any atom is -0.383 e. The van der Waals surface area contributed by atoms with Gasteiger partial charge in [-0.05, 0) is 17.7 Å². The molecule has 0 heterocycles. The van der Waals surface area contributed by atoms with E-state index in [0.717, 1.165) is 11.3 Å². The number of anilines is 1. The number of halogens is 1. The molecule has 0 saturated heterocycles. The Balaban J connectivity index is 0.00000400. The molecule has 0 aliphatic heterocycles. The lowest BCUT2D eigenvalue weighted by atomic mass is 10.2. The SMILES string of the molecule is COCCNCC(=O)NCc1ccc(NC(C)=O)cc1.Cl. The fourth-order valence-electron chi connectivity index (χ4n) is 1.55. The monoisotopic (exact) mass is 315 g/mol. The molecular weight excluding hydrogens is 294 g/mol. The average molecular weight is 316 g/mol. The number of hydrogen-bond acceptors (Lipinski definition) is 4. The first kappa shape index (κ1) is 19.4. The van der Waals surface area contributed by atoms with Crippen LogP contribution in [0.2, 0.25) is 0 Å². The van der Waals surface area contributed by atoms with Gasteiger partial charge in [0.1, 0.15) is 0 Å². The lowest BCUT2D eigenvalue weighted by Crippen LogP contribution is -2.34. The minimum absolute atomic E-state index is 0. The van der Waals surface area contributed by atoms with Crippen molar-refractivity contribution in [3.8, 4) is 0 Å². The number of amides is 2. The van der Waals surface area contributed by atoms with Crippen LogP contribution in [0.3, 0.4) is 0 Å². The molecule has 2 amide bonds. The highest BCUT2D eigenvalue weighted by molar-refractivity contribution is 5.88. The van der Waals surface area contributed by atoms with Crippen molar-refractivity contribution in [1.82, 2.24) is 10.6 Å². The first-order valence-electron chi connectivity index (χ1n) is 6.44. The van der Waals surface area contributed by atoms with Gasteiger partial charge in [0.2, 0.25) is 11.8 Å². The van der Waals surface area contributed by atoms with Gasteiger partial charge in [-0.1, -0.05) is 12.1 Å². The van der Waals surface area contributed by atoms with Gasteiger partial charge in [0.05, 0.1) is 13.2 Å². The van der Waals surface area contributed by atoms with Gasteiger partial charge in [0.25, 0.3) is 0 Å². The zero-order chi connectivity index (χ0) is 14.8. The number of hydrogen-bond donors (Lipinski definition) is 3. The Morgan fingerprint density at radius 1 is 1.19 bits per heavy atom. The van der Waals surface area contributed by atoms with Crippen molar-refractivity contribution >= 4 is 29.9 Å². The maximum absolute atomic E-state index is 11.5. The molecule has 1 aromatic carbocycles. The lowest BCUT2D eigenvalue weighted by Gasteiger charge is -2.07. The van der Waals surface area contributed by atoms with E-state index < -0.39 is 0 Å². The number of nitrogens with one attached hydrogen (secondary N) is 3. The summed E-state index contributed by atoms with van der Waals surface area (Å²) in [6.07, 6.45) is 0. The number of rotatable bonds is 8. The van der Waals surface area contributed by atoms with E-state index in [0.29, 0.717) is 19.7 Å². The highest BCUT2D eigenvalue weighted by Gasteiger charge is 2.01. The van der Waals surface area contributed by atoms with E-state index in [9.17, 15) is 9.59 Å². The van der Waals surface area contributed by atoms with Crippen LogP contribution < -0.4 is 16.0 Å². The summed E-state index contributed by atoms with van der Waals surface area (Å²) in [5.74, 6) is -0.166. The molecule has 0 aliphatic rings. The Labute approximate surface area is 131 Å². The van der Waals surface area contributed by atoms with Crippen LogP contribution in [0, 0.1) is 0 Å². The van der Waals surface area contributed by atoms with Gasteiger partial charge in [-0.15, -0.1) is 12.4 Å². The first-order valence-corrected chi connectivity index (χ1v) is 6.44. The van der Waals surface area contributed by atoms with Crippen molar-refractivity contribution in [3.05, 3.63) is 29.8 Å². The number of ether oxygens (including phenoxy) is 1. The number of carbonyl (C=O) groups excluding carboxylic acids is 2. The van der Waals surface area contributed by atoms with Gasteiger partial charge >= 0.3 is 0 Å². The fourth-order valence-corrected chi connectivity index (χ4v) is 1.55. The zero-order valence-corrected chi connectivity index (χ0v) is 13.1. The van der Waals surface area contributed by atoms with Crippen LogP contribution in [0.25, 0.3) is 0 Å².